The maximum absolute atomic E-state index is 11.4. The fourth-order valence-corrected chi connectivity index (χ4v) is 1.54. The van der Waals surface area contributed by atoms with Crippen molar-refractivity contribution in [2.75, 3.05) is 19.8 Å². The minimum atomic E-state index is -0.509. The van der Waals surface area contributed by atoms with Crippen molar-refractivity contribution >= 4 is 17.6 Å². The molecule has 0 aliphatic heterocycles. The van der Waals surface area contributed by atoms with Gasteiger partial charge in [-0.2, -0.15) is 0 Å². The SMILES string of the molecule is CCCOC(=O)CCC(=O)OCCOc1ccc([N+](=O)[O-])cc1. The van der Waals surface area contributed by atoms with Crippen LogP contribution in [0.3, 0.4) is 0 Å². The molecule has 8 heteroatoms. The number of benzene rings is 1. The van der Waals surface area contributed by atoms with Crippen molar-refractivity contribution in [2.24, 2.45) is 0 Å². The molecule has 0 fully saturated rings. The Balaban J connectivity index is 2.15. The zero-order chi connectivity index (χ0) is 17.1. The van der Waals surface area contributed by atoms with Crippen molar-refractivity contribution in [3.8, 4) is 5.75 Å². The first kappa shape index (κ1) is 18.4. The molecule has 0 N–H and O–H groups in total. The number of nitro groups is 1. The van der Waals surface area contributed by atoms with E-state index in [-0.39, 0.29) is 31.7 Å². The first-order valence-electron chi connectivity index (χ1n) is 7.21. The lowest BCUT2D eigenvalue weighted by atomic mass is 10.3. The van der Waals surface area contributed by atoms with E-state index in [9.17, 15) is 19.7 Å². The first-order chi connectivity index (χ1) is 11.0. The summed E-state index contributed by atoms with van der Waals surface area (Å²) in [5.41, 5.74) is -0.0289. The number of esters is 2. The van der Waals surface area contributed by atoms with Crippen LogP contribution < -0.4 is 4.74 Å². The number of hydrogen-bond donors (Lipinski definition) is 0. The van der Waals surface area contributed by atoms with Crippen molar-refractivity contribution in [1.82, 2.24) is 0 Å². The van der Waals surface area contributed by atoms with Crippen molar-refractivity contribution < 1.29 is 28.7 Å². The highest BCUT2D eigenvalue weighted by atomic mass is 16.6. The number of rotatable bonds is 10. The van der Waals surface area contributed by atoms with Gasteiger partial charge in [0.25, 0.3) is 5.69 Å². The third kappa shape index (κ3) is 7.79. The molecule has 1 rings (SSSR count). The zero-order valence-electron chi connectivity index (χ0n) is 12.9. The van der Waals surface area contributed by atoms with Crippen LogP contribution in [0.15, 0.2) is 24.3 Å². The Morgan fingerprint density at radius 1 is 1.00 bits per heavy atom. The van der Waals surface area contributed by atoms with Gasteiger partial charge < -0.3 is 14.2 Å². The molecule has 1 aromatic carbocycles. The highest BCUT2D eigenvalue weighted by Crippen LogP contribution is 2.17. The van der Waals surface area contributed by atoms with E-state index in [0.29, 0.717) is 12.4 Å². The lowest BCUT2D eigenvalue weighted by Gasteiger charge is -2.07. The van der Waals surface area contributed by atoms with Gasteiger partial charge >= 0.3 is 11.9 Å². The molecule has 0 heterocycles. The highest BCUT2D eigenvalue weighted by Gasteiger charge is 2.09. The summed E-state index contributed by atoms with van der Waals surface area (Å²) in [6, 6.07) is 5.57. The summed E-state index contributed by atoms with van der Waals surface area (Å²) in [7, 11) is 0. The minimum Gasteiger partial charge on any atom is -0.490 e. The normalized spacial score (nSPS) is 9.96. The first-order valence-corrected chi connectivity index (χ1v) is 7.21. The molecule has 126 valence electrons. The molecule has 0 radical (unpaired) electrons. The van der Waals surface area contributed by atoms with Gasteiger partial charge in [0.05, 0.1) is 24.4 Å². The largest absolute Gasteiger partial charge is 0.490 e. The van der Waals surface area contributed by atoms with Gasteiger partial charge in [0.1, 0.15) is 19.0 Å². The molecular weight excluding hydrogens is 306 g/mol. The van der Waals surface area contributed by atoms with Gasteiger partial charge in [-0.25, -0.2) is 0 Å². The van der Waals surface area contributed by atoms with E-state index in [1.165, 1.54) is 24.3 Å². The zero-order valence-corrected chi connectivity index (χ0v) is 12.9. The third-order valence-corrected chi connectivity index (χ3v) is 2.66. The molecule has 23 heavy (non-hydrogen) atoms. The van der Waals surface area contributed by atoms with E-state index in [2.05, 4.69) is 0 Å². The van der Waals surface area contributed by atoms with E-state index >= 15 is 0 Å². The van der Waals surface area contributed by atoms with Crippen LogP contribution in [-0.2, 0) is 19.1 Å². The summed E-state index contributed by atoms with van der Waals surface area (Å²) in [6.45, 7) is 2.37. The Kier molecular flexibility index (Phi) is 8.12. The second-order valence-electron chi connectivity index (χ2n) is 4.54. The molecule has 1 aromatic rings. The number of hydrogen-bond acceptors (Lipinski definition) is 7. The van der Waals surface area contributed by atoms with Crippen molar-refractivity contribution in [3.05, 3.63) is 34.4 Å². The monoisotopic (exact) mass is 325 g/mol. The molecule has 0 saturated heterocycles. The molecule has 0 spiro atoms. The topological polar surface area (TPSA) is 105 Å². The summed E-state index contributed by atoms with van der Waals surface area (Å²) in [4.78, 5) is 32.6. The molecule has 0 unspecified atom stereocenters. The lowest BCUT2D eigenvalue weighted by molar-refractivity contribution is -0.384. The summed E-state index contributed by atoms with van der Waals surface area (Å²) in [5.74, 6) is -0.494. The number of carbonyl (C=O) groups is 2. The fourth-order valence-electron chi connectivity index (χ4n) is 1.54. The Bertz CT molecular complexity index is 527. The van der Waals surface area contributed by atoms with E-state index in [4.69, 9.17) is 14.2 Å². The molecule has 0 aliphatic rings. The highest BCUT2D eigenvalue weighted by molar-refractivity contribution is 5.77. The summed E-state index contributed by atoms with van der Waals surface area (Å²) < 4.78 is 15.0. The molecule has 0 amide bonds. The van der Waals surface area contributed by atoms with E-state index in [0.717, 1.165) is 6.42 Å². The second-order valence-corrected chi connectivity index (χ2v) is 4.54. The van der Waals surface area contributed by atoms with E-state index in [1.807, 2.05) is 6.92 Å². The average Bonchev–Trinajstić information content (AvgIpc) is 2.55. The predicted molar refractivity (Wildman–Crippen MR) is 80.0 cm³/mol. The van der Waals surface area contributed by atoms with Crippen LogP contribution in [0.1, 0.15) is 26.2 Å². The quantitative estimate of drug-likeness (QED) is 0.281. The maximum Gasteiger partial charge on any atom is 0.306 e. The smallest absolute Gasteiger partial charge is 0.306 e. The average molecular weight is 325 g/mol. The Labute approximate surface area is 133 Å². The van der Waals surface area contributed by atoms with Crippen molar-refractivity contribution in [1.29, 1.82) is 0 Å². The van der Waals surface area contributed by atoms with Crippen LogP contribution >= 0.6 is 0 Å². The van der Waals surface area contributed by atoms with Gasteiger partial charge in [0, 0.05) is 12.1 Å². The molecule has 0 saturated carbocycles. The molecule has 0 aromatic heterocycles. The van der Waals surface area contributed by atoms with Crippen LogP contribution in [0.25, 0.3) is 0 Å². The minimum absolute atomic E-state index is 0.0119. The van der Waals surface area contributed by atoms with Crippen molar-refractivity contribution in [3.63, 3.8) is 0 Å². The summed E-state index contributed by atoms with van der Waals surface area (Å²) in [6.07, 6.45) is 0.679. The van der Waals surface area contributed by atoms with Gasteiger partial charge in [0.2, 0.25) is 0 Å². The maximum atomic E-state index is 11.4. The number of non-ortho nitro benzene ring substituents is 1. The second kappa shape index (κ2) is 10.1. The van der Waals surface area contributed by atoms with Crippen LogP contribution in [-0.4, -0.2) is 36.7 Å². The molecular formula is C15H19NO7. The number of nitrogens with zero attached hydrogens (tertiary/aromatic N) is 1. The number of ether oxygens (including phenoxy) is 3. The standard InChI is InChI=1S/C15H19NO7/c1-2-9-22-14(17)7-8-15(18)23-11-10-21-13-5-3-12(4-6-13)16(19)20/h3-6H,2,7-11H2,1H3. The third-order valence-electron chi connectivity index (χ3n) is 2.66. The van der Waals surface area contributed by atoms with Crippen LogP contribution in [0.4, 0.5) is 5.69 Å². The van der Waals surface area contributed by atoms with Gasteiger partial charge in [0.15, 0.2) is 0 Å². The number of carbonyl (C=O) groups excluding carboxylic acids is 2. The predicted octanol–water partition coefficient (Wildman–Crippen LogP) is 2.25. The Morgan fingerprint density at radius 2 is 1.57 bits per heavy atom. The number of nitro benzene ring substituents is 1. The van der Waals surface area contributed by atoms with Gasteiger partial charge in [-0.3, -0.25) is 19.7 Å². The van der Waals surface area contributed by atoms with Crippen LogP contribution in [0.2, 0.25) is 0 Å². The summed E-state index contributed by atoms with van der Waals surface area (Å²) in [5, 5.41) is 10.5. The van der Waals surface area contributed by atoms with E-state index in [1.54, 1.807) is 0 Å². The van der Waals surface area contributed by atoms with Gasteiger partial charge in [-0.1, -0.05) is 6.92 Å². The van der Waals surface area contributed by atoms with Crippen molar-refractivity contribution in [2.45, 2.75) is 26.2 Å². The Hall–Kier alpha value is -2.64. The Morgan fingerprint density at radius 3 is 2.09 bits per heavy atom. The fraction of sp³-hybridized carbons (Fsp3) is 0.467. The van der Waals surface area contributed by atoms with Crippen LogP contribution in [0.5, 0.6) is 5.75 Å². The lowest BCUT2D eigenvalue weighted by Crippen LogP contribution is -2.14. The van der Waals surface area contributed by atoms with Gasteiger partial charge in [-0.15, -0.1) is 0 Å². The summed E-state index contributed by atoms with van der Waals surface area (Å²) >= 11 is 0. The van der Waals surface area contributed by atoms with Crippen LogP contribution in [0, 0.1) is 10.1 Å². The molecule has 8 nitrogen and oxygen atoms in total. The van der Waals surface area contributed by atoms with E-state index < -0.39 is 16.9 Å². The molecule has 0 atom stereocenters. The molecule has 0 aliphatic carbocycles. The molecule has 0 bridgehead atoms. The van der Waals surface area contributed by atoms with Gasteiger partial charge in [-0.05, 0) is 18.6 Å².